The Hall–Kier alpha value is -3.23. The van der Waals surface area contributed by atoms with Gasteiger partial charge in [-0.05, 0) is 18.2 Å². The standard InChI is InChI=1S/C17H11Cl2N5O3/c18-12-5-4-11(14(19)7-12)9-20-23-17(25)16-8-15(21-22-16)10-2-1-3-13(6-10)24(26)27/h1-9H,(H,21,22)(H,23,25)/b20-9-. The van der Waals surface area contributed by atoms with Gasteiger partial charge in [0.15, 0.2) is 0 Å². The van der Waals surface area contributed by atoms with E-state index in [0.717, 1.165) is 0 Å². The van der Waals surface area contributed by atoms with E-state index in [9.17, 15) is 14.9 Å². The lowest BCUT2D eigenvalue weighted by Gasteiger charge is -1.99. The van der Waals surface area contributed by atoms with Crippen molar-refractivity contribution < 1.29 is 9.72 Å². The third-order valence-corrected chi connectivity index (χ3v) is 4.07. The van der Waals surface area contributed by atoms with Crippen molar-refractivity contribution in [2.24, 2.45) is 5.10 Å². The van der Waals surface area contributed by atoms with Crippen LogP contribution in [0.1, 0.15) is 16.1 Å². The summed E-state index contributed by atoms with van der Waals surface area (Å²) < 4.78 is 0. The summed E-state index contributed by atoms with van der Waals surface area (Å²) in [5.41, 5.74) is 3.92. The van der Waals surface area contributed by atoms with Gasteiger partial charge in [-0.3, -0.25) is 20.0 Å². The molecule has 10 heteroatoms. The molecule has 1 aromatic heterocycles. The van der Waals surface area contributed by atoms with Gasteiger partial charge in [-0.1, -0.05) is 41.4 Å². The van der Waals surface area contributed by atoms with E-state index < -0.39 is 10.8 Å². The third kappa shape index (κ3) is 4.49. The molecular weight excluding hydrogens is 393 g/mol. The SMILES string of the molecule is O=C(N/N=C\c1ccc(Cl)cc1Cl)c1cc(-c2cccc([N+](=O)[O-])c2)n[nH]1. The van der Waals surface area contributed by atoms with Crippen LogP contribution in [-0.2, 0) is 0 Å². The van der Waals surface area contributed by atoms with E-state index in [4.69, 9.17) is 23.2 Å². The van der Waals surface area contributed by atoms with Gasteiger partial charge < -0.3 is 0 Å². The van der Waals surface area contributed by atoms with Crippen LogP contribution in [0.3, 0.4) is 0 Å². The summed E-state index contributed by atoms with van der Waals surface area (Å²) >= 11 is 11.8. The molecule has 0 spiro atoms. The number of aromatic nitrogens is 2. The van der Waals surface area contributed by atoms with Gasteiger partial charge >= 0.3 is 0 Å². The van der Waals surface area contributed by atoms with Gasteiger partial charge in [0.2, 0.25) is 0 Å². The van der Waals surface area contributed by atoms with Crippen molar-refractivity contribution in [3.05, 3.63) is 79.9 Å². The fraction of sp³-hybridized carbons (Fsp3) is 0. The van der Waals surface area contributed by atoms with Gasteiger partial charge in [0.1, 0.15) is 5.69 Å². The molecule has 0 aliphatic heterocycles. The first-order valence-corrected chi connectivity index (χ1v) is 8.28. The van der Waals surface area contributed by atoms with E-state index in [0.29, 0.717) is 26.9 Å². The van der Waals surface area contributed by atoms with Crippen LogP contribution in [0.4, 0.5) is 5.69 Å². The molecule has 3 aromatic rings. The van der Waals surface area contributed by atoms with Crippen molar-refractivity contribution in [1.29, 1.82) is 0 Å². The van der Waals surface area contributed by atoms with Crippen molar-refractivity contribution in [2.45, 2.75) is 0 Å². The number of carbonyl (C=O) groups is 1. The van der Waals surface area contributed by atoms with Crippen LogP contribution in [0, 0.1) is 10.1 Å². The number of amides is 1. The summed E-state index contributed by atoms with van der Waals surface area (Å²) in [4.78, 5) is 22.5. The number of non-ortho nitro benzene ring substituents is 1. The van der Waals surface area contributed by atoms with Gasteiger partial charge in [0, 0.05) is 28.3 Å². The predicted molar refractivity (Wildman–Crippen MR) is 102 cm³/mol. The molecule has 0 aliphatic carbocycles. The molecule has 0 bridgehead atoms. The average Bonchev–Trinajstić information content (AvgIpc) is 3.14. The number of aromatic amines is 1. The number of nitro groups is 1. The van der Waals surface area contributed by atoms with Crippen molar-refractivity contribution in [3.63, 3.8) is 0 Å². The van der Waals surface area contributed by atoms with Crippen LogP contribution in [0.15, 0.2) is 53.6 Å². The maximum Gasteiger partial charge on any atom is 0.289 e. The minimum atomic E-state index is -0.527. The molecule has 1 amide bonds. The van der Waals surface area contributed by atoms with Crippen molar-refractivity contribution in [2.75, 3.05) is 0 Å². The zero-order valence-electron chi connectivity index (χ0n) is 13.5. The number of nitrogens with one attached hydrogen (secondary N) is 2. The molecule has 2 aromatic carbocycles. The highest BCUT2D eigenvalue weighted by Crippen LogP contribution is 2.22. The normalized spacial score (nSPS) is 10.9. The zero-order valence-corrected chi connectivity index (χ0v) is 15.0. The van der Waals surface area contributed by atoms with Gasteiger partial charge in [-0.2, -0.15) is 10.2 Å². The lowest BCUT2D eigenvalue weighted by atomic mass is 10.1. The Kier molecular flexibility index (Phi) is 5.49. The fourth-order valence-corrected chi connectivity index (χ4v) is 2.65. The number of H-pyrrole nitrogens is 1. The van der Waals surface area contributed by atoms with E-state index >= 15 is 0 Å². The first kappa shape index (κ1) is 18.6. The molecule has 0 unspecified atom stereocenters. The Bertz CT molecular complexity index is 1050. The molecule has 3 rings (SSSR count). The van der Waals surface area contributed by atoms with E-state index in [-0.39, 0.29) is 11.4 Å². The summed E-state index contributed by atoms with van der Waals surface area (Å²) in [7, 11) is 0. The third-order valence-electron chi connectivity index (χ3n) is 3.51. The molecule has 0 radical (unpaired) electrons. The van der Waals surface area contributed by atoms with Crippen LogP contribution in [0.5, 0.6) is 0 Å². The molecule has 8 nitrogen and oxygen atoms in total. The van der Waals surface area contributed by atoms with Crippen molar-refractivity contribution >= 4 is 41.0 Å². The number of nitro benzene ring substituents is 1. The van der Waals surface area contributed by atoms with Crippen LogP contribution in [0.2, 0.25) is 10.0 Å². The molecule has 0 saturated heterocycles. The Morgan fingerprint density at radius 3 is 2.78 bits per heavy atom. The lowest BCUT2D eigenvalue weighted by molar-refractivity contribution is -0.384. The fourth-order valence-electron chi connectivity index (χ4n) is 2.19. The number of hydrazone groups is 1. The first-order valence-electron chi connectivity index (χ1n) is 7.53. The molecule has 0 fully saturated rings. The highest BCUT2D eigenvalue weighted by Gasteiger charge is 2.13. The van der Waals surface area contributed by atoms with Crippen LogP contribution in [0.25, 0.3) is 11.3 Å². The van der Waals surface area contributed by atoms with Crippen molar-refractivity contribution in [3.8, 4) is 11.3 Å². The largest absolute Gasteiger partial charge is 0.289 e. The quantitative estimate of drug-likeness (QED) is 0.379. The Morgan fingerprint density at radius 1 is 1.22 bits per heavy atom. The Labute approximate surface area is 163 Å². The molecular formula is C17H11Cl2N5O3. The molecule has 0 atom stereocenters. The molecule has 1 heterocycles. The molecule has 136 valence electrons. The van der Waals surface area contributed by atoms with E-state index in [1.165, 1.54) is 24.4 Å². The zero-order chi connectivity index (χ0) is 19.4. The molecule has 2 N–H and O–H groups in total. The first-order chi connectivity index (χ1) is 12.9. The van der Waals surface area contributed by atoms with Gasteiger partial charge in [0.05, 0.1) is 21.9 Å². The van der Waals surface area contributed by atoms with Crippen LogP contribution in [-0.4, -0.2) is 27.2 Å². The number of halogens is 2. The topological polar surface area (TPSA) is 113 Å². The van der Waals surface area contributed by atoms with E-state index in [1.807, 2.05) is 0 Å². The highest BCUT2D eigenvalue weighted by atomic mass is 35.5. The average molecular weight is 404 g/mol. The second-order valence-electron chi connectivity index (χ2n) is 5.34. The maximum atomic E-state index is 12.1. The number of carbonyl (C=O) groups excluding carboxylic acids is 1. The number of hydrogen-bond donors (Lipinski definition) is 2. The number of hydrogen-bond acceptors (Lipinski definition) is 5. The maximum absolute atomic E-state index is 12.1. The number of nitrogens with zero attached hydrogens (tertiary/aromatic N) is 3. The number of benzene rings is 2. The van der Waals surface area contributed by atoms with Gasteiger partial charge in [0.25, 0.3) is 11.6 Å². The summed E-state index contributed by atoms with van der Waals surface area (Å²) in [6.45, 7) is 0. The summed E-state index contributed by atoms with van der Waals surface area (Å²) in [6, 6.07) is 12.3. The Balaban J connectivity index is 1.71. The summed E-state index contributed by atoms with van der Waals surface area (Å²) in [5, 5.41) is 22.2. The minimum Gasteiger partial charge on any atom is -0.272 e. The monoisotopic (exact) mass is 403 g/mol. The highest BCUT2D eigenvalue weighted by molar-refractivity contribution is 6.36. The summed E-state index contributed by atoms with van der Waals surface area (Å²) in [6.07, 6.45) is 1.38. The minimum absolute atomic E-state index is 0.0639. The van der Waals surface area contributed by atoms with E-state index in [2.05, 4.69) is 20.7 Å². The van der Waals surface area contributed by atoms with Gasteiger partial charge in [-0.25, -0.2) is 5.43 Å². The molecule has 0 saturated carbocycles. The molecule has 27 heavy (non-hydrogen) atoms. The molecule has 0 aliphatic rings. The Morgan fingerprint density at radius 2 is 2.04 bits per heavy atom. The lowest BCUT2D eigenvalue weighted by Crippen LogP contribution is -2.18. The van der Waals surface area contributed by atoms with Gasteiger partial charge in [-0.15, -0.1) is 0 Å². The second-order valence-corrected chi connectivity index (χ2v) is 6.18. The number of rotatable bonds is 5. The predicted octanol–water partition coefficient (Wildman–Crippen LogP) is 4.06. The smallest absolute Gasteiger partial charge is 0.272 e. The van der Waals surface area contributed by atoms with Crippen molar-refractivity contribution in [1.82, 2.24) is 15.6 Å². The van der Waals surface area contributed by atoms with Crippen LogP contribution >= 0.6 is 23.2 Å². The summed E-state index contributed by atoms with van der Waals surface area (Å²) in [5.74, 6) is -0.527. The van der Waals surface area contributed by atoms with Crippen LogP contribution < -0.4 is 5.43 Å². The second kappa shape index (κ2) is 7.98. The van der Waals surface area contributed by atoms with E-state index in [1.54, 1.807) is 30.3 Å².